The Balaban J connectivity index is 1.82. The van der Waals surface area contributed by atoms with Gasteiger partial charge in [-0.1, -0.05) is 38.1 Å². The van der Waals surface area contributed by atoms with E-state index in [9.17, 15) is 10.2 Å². The zero-order valence-electron chi connectivity index (χ0n) is 19.2. The lowest BCUT2D eigenvalue weighted by molar-refractivity contribution is 0.0107. The van der Waals surface area contributed by atoms with Crippen LogP contribution in [0.1, 0.15) is 37.8 Å². The van der Waals surface area contributed by atoms with Gasteiger partial charge in [0.15, 0.2) is 0 Å². The van der Waals surface area contributed by atoms with Crippen LogP contribution in [0.2, 0.25) is 0 Å². The van der Waals surface area contributed by atoms with Gasteiger partial charge in [-0.2, -0.15) is 0 Å². The van der Waals surface area contributed by atoms with Gasteiger partial charge in [0.05, 0.1) is 19.1 Å². The molecule has 0 radical (unpaired) electrons. The van der Waals surface area contributed by atoms with E-state index in [0.717, 1.165) is 24.0 Å². The van der Waals surface area contributed by atoms with Crippen LogP contribution < -0.4 is 9.47 Å². The highest BCUT2D eigenvalue weighted by atomic mass is 127. The predicted octanol–water partition coefficient (Wildman–Crippen LogP) is 4.89. The second-order valence-corrected chi connectivity index (χ2v) is 9.28. The summed E-state index contributed by atoms with van der Waals surface area (Å²) in [7, 11) is 0. The van der Waals surface area contributed by atoms with E-state index in [1.165, 1.54) is 0 Å². The Hall–Kier alpha value is -1.10. The van der Waals surface area contributed by atoms with E-state index in [2.05, 4.69) is 13.8 Å². The first-order chi connectivity index (χ1) is 15.9. The second kappa shape index (κ2) is 15.0. The molecular weight excluding hydrogens is 559 g/mol. The number of halogens is 2. The van der Waals surface area contributed by atoms with Crippen molar-refractivity contribution in [2.45, 2.75) is 44.3 Å². The Morgan fingerprint density at radius 1 is 0.788 bits per heavy atom. The van der Waals surface area contributed by atoms with Crippen molar-refractivity contribution in [3.8, 4) is 11.5 Å². The van der Waals surface area contributed by atoms with Crippen molar-refractivity contribution in [2.24, 2.45) is 0 Å². The van der Waals surface area contributed by atoms with Crippen molar-refractivity contribution in [1.82, 2.24) is 0 Å². The summed E-state index contributed by atoms with van der Waals surface area (Å²) in [4.78, 5) is 0. The van der Waals surface area contributed by atoms with E-state index >= 15 is 0 Å². The molecule has 0 aromatic heterocycles. The smallest absolute Gasteiger partial charge is 0.119 e. The lowest BCUT2D eigenvalue weighted by atomic mass is 9.78. The van der Waals surface area contributed by atoms with Gasteiger partial charge in [0.25, 0.3) is 0 Å². The normalized spacial score (nSPS) is 13.5. The molecule has 0 bridgehead atoms. The number of hydrogen-bond acceptors (Lipinski definition) is 6. The maximum atomic E-state index is 10.0. The number of aliphatic hydroxyl groups is 2. The molecule has 0 aliphatic heterocycles. The average Bonchev–Trinajstić information content (AvgIpc) is 2.83. The van der Waals surface area contributed by atoms with Gasteiger partial charge in [0.1, 0.15) is 59.9 Å². The number of alkyl halides is 1. The number of aliphatic hydroxyl groups excluding tert-OH is 2. The minimum absolute atomic E-state index is 0.146. The van der Waals surface area contributed by atoms with Crippen LogP contribution in [-0.2, 0) is 13.2 Å². The minimum atomic E-state index is -0.678. The summed E-state index contributed by atoms with van der Waals surface area (Å²) >= 11 is 7.48. The number of ether oxygens (including phenoxy) is 3. The van der Waals surface area contributed by atoms with Crippen molar-refractivity contribution in [3.63, 3.8) is 0 Å². The quantitative estimate of drug-likeness (QED) is 0.164. The zero-order valence-corrected chi connectivity index (χ0v) is 22.1. The fourth-order valence-electron chi connectivity index (χ4n) is 3.16. The van der Waals surface area contributed by atoms with Crippen LogP contribution in [0.3, 0.4) is 0 Å². The van der Waals surface area contributed by atoms with Crippen molar-refractivity contribution < 1.29 is 27.5 Å². The van der Waals surface area contributed by atoms with Crippen molar-refractivity contribution in [2.75, 3.05) is 38.9 Å². The molecule has 0 aliphatic rings. The molecule has 2 aromatic carbocycles. The van der Waals surface area contributed by atoms with Crippen molar-refractivity contribution in [3.05, 3.63) is 59.7 Å². The molecule has 0 saturated heterocycles. The van der Waals surface area contributed by atoms with Crippen LogP contribution in [0.5, 0.6) is 11.5 Å². The summed E-state index contributed by atoms with van der Waals surface area (Å²) in [5.74, 6) is 1.54. The lowest BCUT2D eigenvalue weighted by Gasteiger charge is -2.26. The summed E-state index contributed by atoms with van der Waals surface area (Å²) in [6, 6.07) is 15.8. The highest BCUT2D eigenvalue weighted by Crippen LogP contribution is 2.33. The molecule has 2 N–H and O–H groups in total. The molecule has 0 spiro atoms. The molecule has 2 atom stereocenters. The van der Waals surface area contributed by atoms with E-state index in [0.29, 0.717) is 24.7 Å². The molecule has 0 saturated carbocycles. The highest BCUT2D eigenvalue weighted by Gasteiger charge is 2.23. The van der Waals surface area contributed by atoms with Gasteiger partial charge < -0.3 is 27.5 Å². The van der Waals surface area contributed by atoms with Crippen LogP contribution in [0.4, 0.5) is 0 Å². The molecule has 0 amide bonds. The summed E-state index contributed by atoms with van der Waals surface area (Å²) in [6.07, 6.45) is 0.492. The fraction of sp³-hybridized carbons (Fsp3) is 0.520. The first-order valence-electron chi connectivity index (χ1n) is 11.1. The highest BCUT2D eigenvalue weighted by molar-refractivity contribution is 14.1. The van der Waals surface area contributed by atoms with Gasteiger partial charge in [-0.25, -0.2) is 0 Å². The van der Waals surface area contributed by atoms with Gasteiger partial charge in [0, 0.05) is 12.0 Å². The summed E-state index contributed by atoms with van der Waals surface area (Å²) in [6.45, 7) is 6.22. The molecule has 8 heteroatoms. The first-order valence-corrected chi connectivity index (χ1v) is 12.5. The monoisotopic (exact) mass is 592 g/mol. The molecule has 0 heterocycles. The molecule has 0 aliphatic carbocycles. The van der Waals surface area contributed by atoms with Gasteiger partial charge in [-0.15, -0.1) is 11.6 Å². The number of hydrogen-bond donors (Lipinski definition) is 2. The topological polar surface area (TPSA) is 77.4 Å². The largest absolute Gasteiger partial charge is 0.491 e. The Labute approximate surface area is 215 Å². The van der Waals surface area contributed by atoms with Crippen LogP contribution in [0, 0.1) is 0 Å². The average molecular weight is 593 g/mol. The Kier molecular flexibility index (Phi) is 12.8. The molecular formula is C25H34ClIO6. The standard InChI is InChI=1S/C25H34ClIO6/c1-25(2,19-5-9-23(10-6-19)31-17-21(28)15-26)20-7-11-24(12-8-20)32-18-22(29)16-30-13-3-4-14-33-27/h5-12,21-22,28-29H,3-4,13-18H2,1-2H3/t21-,22+/m0/s1. The third-order valence-electron chi connectivity index (χ3n) is 5.29. The predicted molar refractivity (Wildman–Crippen MR) is 139 cm³/mol. The van der Waals surface area contributed by atoms with E-state index in [-0.39, 0.29) is 31.1 Å². The zero-order chi connectivity index (χ0) is 24.1. The Morgan fingerprint density at radius 2 is 1.27 bits per heavy atom. The van der Waals surface area contributed by atoms with Crippen molar-refractivity contribution in [1.29, 1.82) is 0 Å². The number of rotatable bonds is 16. The summed E-state index contributed by atoms with van der Waals surface area (Å²) in [5.41, 5.74) is 2.06. The lowest BCUT2D eigenvalue weighted by Crippen LogP contribution is -2.24. The Bertz CT molecular complexity index is 784. The fourth-order valence-corrected chi connectivity index (χ4v) is 3.56. The van der Waals surface area contributed by atoms with Gasteiger partial charge >= 0.3 is 0 Å². The first kappa shape index (κ1) is 28.1. The van der Waals surface area contributed by atoms with E-state index in [4.69, 9.17) is 28.9 Å². The van der Waals surface area contributed by atoms with Gasteiger partial charge in [-0.05, 0) is 48.2 Å². The summed E-state index contributed by atoms with van der Waals surface area (Å²) < 4.78 is 21.7. The van der Waals surface area contributed by atoms with E-state index in [1.807, 2.05) is 71.5 Å². The third kappa shape index (κ3) is 9.96. The Morgan fingerprint density at radius 3 is 1.76 bits per heavy atom. The molecule has 33 heavy (non-hydrogen) atoms. The number of benzene rings is 2. The molecule has 6 nitrogen and oxygen atoms in total. The van der Waals surface area contributed by atoms with Crippen LogP contribution in [0.25, 0.3) is 0 Å². The minimum Gasteiger partial charge on any atom is -0.491 e. The molecule has 184 valence electrons. The van der Waals surface area contributed by atoms with Crippen LogP contribution >= 0.6 is 34.6 Å². The van der Waals surface area contributed by atoms with Gasteiger partial charge in [-0.3, -0.25) is 0 Å². The van der Waals surface area contributed by atoms with Crippen molar-refractivity contribution >= 4 is 34.6 Å². The maximum Gasteiger partial charge on any atom is 0.119 e. The second-order valence-electron chi connectivity index (χ2n) is 8.35. The van der Waals surface area contributed by atoms with Crippen LogP contribution in [-0.4, -0.2) is 61.3 Å². The SMILES string of the molecule is CC(C)(c1ccc(OC[C@H](O)COCCCCOI)cc1)c1ccc(OC[C@@H](O)CCl)cc1. The van der Waals surface area contributed by atoms with E-state index < -0.39 is 12.2 Å². The molecule has 0 fully saturated rings. The molecule has 0 unspecified atom stereocenters. The van der Waals surface area contributed by atoms with Gasteiger partial charge in [0.2, 0.25) is 0 Å². The van der Waals surface area contributed by atoms with Crippen LogP contribution in [0.15, 0.2) is 48.5 Å². The molecule has 2 rings (SSSR count). The third-order valence-corrected chi connectivity index (χ3v) is 6.08. The summed E-state index contributed by atoms with van der Waals surface area (Å²) in [5, 5.41) is 19.6. The number of unbranched alkanes of at least 4 members (excludes halogenated alkanes) is 1. The maximum absolute atomic E-state index is 10.0. The molecule has 2 aromatic rings. The van der Waals surface area contributed by atoms with E-state index in [1.54, 1.807) is 0 Å².